The summed E-state index contributed by atoms with van der Waals surface area (Å²) in [6.07, 6.45) is 0. The van der Waals surface area contributed by atoms with Crippen molar-refractivity contribution in [3.05, 3.63) is 35.6 Å². The van der Waals surface area contributed by atoms with Gasteiger partial charge in [-0.05, 0) is 30.0 Å². The molecular weight excluding hydrogens is 153 g/mol. The lowest BCUT2D eigenvalue weighted by Crippen LogP contribution is -2.08. The molecule has 0 bridgehead atoms. The monoisotopic (exact) mass is 158 g/mol. The Bertz CT molecular complexity index is 282. The Labute approximate surface area is 72.8 Å². The van der Waals surface area contributed by atoms with Gasteiger partial charge in [-0.15, -0.1) is 0 Å². The molecule has 1 rings (SSSR count). The SMILES string of the molecule is [B]C([B])C(=O)c1ccc(F)cc1. The van der Waals surface area contributed by atoms with Crippen molar-refractivity contribution >= 4 is 21.5 Å². The minimum absolute atomic E-state index is 0.325. The van der Waals surface area contributed by atoms with E-state index in [1.54, 1.807) is 0 Å². The highest BCUT2D eigenvalue weighted by molar-refractivity contribution is 6.48. The Balaban J connectivity index is 2.90. The van der Waals surface area contributed by atoms with Gasteiger partial charge in [0.05, 0.1) is 15.7 Å². The van der Waals surface area contributed by atoms with Gasteiger partial charge in [-0.2, -0.15) is 0 Å². The van der Waals surface area contributed by atoms with Crippen LogP contribution in [0.15, 0.2) is 24.3 Å². The molecule has 0 saturated carbocycles. The third-order valence-electron chi connectivity index (χ3n) is 1.43. The van der Waals surface area contributed by atoms with E-state index in [4.69, 9.17) is 15.7 Å². The summed E-state index contributed by atoms with van der Waals surface area (Å²) in [4.78, 5) is 11.1. The minimum Gasteiger partial charge on any atom is -0.296 e. The van der Waals surface area contributed by atoms with Gasteiger partial charge in [0.2, 0.25) is 0 Å². The molecule has 0 aliphatic rings. The van der Waals surface area contributed by atoms with Gasteiger partial charge >= 0.3 is 0 Å². The predicted molar refractivity (Wildman–Crippen MR) is 46.0 cm³/mol. The zero-order valence-electron chi connectivity index (χ0n) is 6.33. The van der Waals surface area contributed by atoms with E-state index in [0.717, 1.165) is 0 Å². The molecule has 0 heterocycles. The fourth-order valence-corrected chi connectivity index (χ4v) is 0.807. The van der Waals surface area contributed by atoms with Crippen molar-refractivity contribution in [2.75, 3.05) is 0 Å². The Morgan fingerprint density at radius 2 is 1.75 bits per heavy atom. The van der Waals surface area contributed by atoms with Crippen molar-refractivity contribution in [1.82, 2.24) is 0 Å². The summed E-state index contributed by atoms with van der Waals surface area (Å²) in [5.74, 6) is -0.785. The number of ketones is 1. The van der Waals surface area contributed by atoms with E-state index in [9.17, 15) is 9.18 Å². The molecule has 0 fully saturated rings. The van der Waals surface area contributed by atoms with Crippen molar-refractivity contribution in [3.63, 3.8) is 0 Å². The molecule has 0 aromatic heterocycles. The van der Waals surface area contributed by atoms with Crippen LogP contribution in [-0.2, 0) is 0 Å². The second-order valence-electron chi connectivity index (χ2n) is 2.40. The molecule has 0 aliphatic heterocycles. The number of hydrogen-bond acceptors (Lipinski definition) is 1. The van der Waals surface area contributed by atoms with Gasteiger partial charge in [0.25, 0.3) is 0 Å². The largest absolute Gasteiger partial charge is 0.296 e. The molecule has 56 valence electrons. The first kappa shape index (κ1) is 9.04. The fourth-order valence-electron chi connectivity index (χ4n) is 0.807. The Morgan fingerprint density at radius 3 is 2.17 bits per heavy atom. The summed E-state index contributed by atoms with van der Waals surface area (Å²) in [5, 5.41) is 0. The molecule has 4 radical (unpaired) electrons. The number of carbonyl (C=O) groups is 1. The first-order valence-corrected chi connectivity index (χ1v) is 3.42. The highest BCUT2D eigenvalue weighted by atomic mass is 19.1. The zero-order chi connectivity index (χ0) is 9.14. The van der Waals surface area contributed by atoms with Crippen LogP contribution in [0.2, 0.25) is 5.72 Å². The number of Topliss-reactive ketones (excluding diaryl/α,β-unsaturated/α-hetero) is 1. The van der Waals surface area contributed by atoms with E-state index in [0.29, 0.717) is 5.56 Å². The molecular formula is C8H5B2FO. The van der Waals surface area contributed by atoms with E-state index in [-0.39, 0.29) is 0 Å². The van der Waals surface area contributed by atoms with Gasteiger partial charge in [-0.25, -0.2) is 4.39 Å². The number of halogens is 1. The molecule has 0 amide bonds. The normalized spacial score (nSPS) is 10.2. The third kappa shape index (κ3) is 1.97. The first-order chi connectivity index (χ1) is 5.61. The highest BCUT2D eigenvalue weighted by Crippen LogP contribution is 2.08. The zero-order valence-corrected chi connectivity index (χ0v) is 6.33. The molecule has 0 saturated heterocycles. The van der Waals surface area contributed by atoms with Crippen molar-refractivity contribution in [2.45, 2.75) is 5.72 Å². The predicted octanol–water partition coefficient (Wildman–Crippen LogP) is 1.09. The van der Waals surface area contributed by atoms with Crippen LogP contribution >= 0.6 is 0 Å². The molecule has 0 spiro atoms. The van der Waals surface area contributed by atoms with Crippen molar-refractivity contribution in [3.8, 4) is 0 Å². The van der Waals surface area contributed by atoms with Crippen molar-refractivity contribution in [2.24, 2.45) is 0 Å². The van der Waals surface area contributed by atoms with Crippen LogP contribution in [0.1, 0.15) is 10.4 Å². The fraction of sp³-hybridized carbons (Fsp3) is 0.125. The summed E-state index contributed by atoms with van der Waals surface area (Å²) >= 11 is 0. The quantitative estimate of drug-likeness (QED) is 0.464. The van der Waals surface area contributed by atoms with E-state index >= 15 is 0 Å². The Hall–Kier alpha value is -1.05. The molecule has 1 aromatic rings. The molecule has 1 nitrogen and oxygen atoms in total. The van der Waals surface area contributed by atoms with Crippen LogP contribution in [0.5, 0.6) is 0 Å². The summed E-state index contributed by atoms with van der Waals surface area (Å²) < 4.78 is 12.4. The summed E-state index contributed by atoms with van der Waals surface area (Å²) in [5.41, 5.74) is -0.707. The number of benzene rings is 1. The van der Waals surface area contributed by atoms with Gasteiger partial charge in [0, 0.05) is 5.56 Å². The highest BCUT2D eigenvalue weighted by Gasteiger charge is 2.08. The lowest BCUT2D eigenvalue weighted by Gasteiger charge is -2.03. The second kappa shape index (κ2) is 3.57. The number of rotatable bonds is 2. The van der Waals surface area contributed by atoms with Crippen molar-refractivity contribution in [1.29, 1.82) is 0 Å². The maximum atomic E-state index is 12.4. The Morgan fingerprint density at radius 1 is 1.25 bits per heavy atom. The van der Waals surface area contributed by atoms with Gasteiger partial charge in [-0.3, -0.25) is 4.79 Å². The maximum Gasteiger partial charge on any atom is 0.149 e. The van der Waals surface area contributed by atoms with E-state index < -0.39 is 17.3 Å². The number of hydrogen-bond donors (Lipinski definition) is 0. The molecule has 1 aromatic carbocycles. The topological polar surface area (TPSA) is 17.1 Å². The minimum atomic E-state index is -1.03. The molecule has 0 aliphatic carbocycles. The Kier molecular flexibility index (Phi) is 2.69. The van der Waals surface area contributed by atoms with Crippen molar-refractivity contribution < 1.29 is 9.18 Å². The second-order valence-corrected chi connectivity index (χ2v) is 2.40. The van der Waals surface area contributed by atoms with E-state index in [2.05, 4.69) is 0 Å². The number of carbonyl (C=O) groups excluding carboxylic acids is 1. The smallest absolute Gasteiger partial charge is 0.149 e. The molecule has 0 N–H and O–H groups in total. The first-order valence-electron chi connectivity index (χ1n) is 3.42. The standard InChI is InChI=1S/C8H5B2FO/c9-8(10)7(12)5-1-3-6(11)4-2-5/h1-4,8H. The van der Waals surface area contributed by atoms with Gasteiger partial charge in [-0.1, -0.05) is 0 Å². The van der Waals surface area contributed by atoms with Crippen LogP contribution in [0.25, 0.3) is 0 Å². The third-order valence-corrected chi connectivity index (χ3v) is 1.43. The van der Waals surface area contributed by atoms with Crippen LogP contribution in [0, 0.1) is 5.82 Å². The summed E-state index contributed by atoms with van der Waals surface area (Å²) in [6, 6.07) is 5.08. The maximum absolute atomic E-state index is 12.4. The lowest BCUT2D eigenvalue weighted by molar-refractivity contribution is 0.100. The van der Waals surface area contributed by atoms with Gasteiger partial charge < -0.3 is 0 Å². The van der Waals surface area contributed by atoms with Gasteiger partial charge in [0.1, 0.15) is 11.6 Å². The summed E-state index contributed by atoms with van der Waals surface area (Å²) in [7, 11) is 10.3. The average Bonchev–Trinajstić information content (AvgIpc) is 2.04. The van der Waals surface area contributed by atoms with Crippen LogP contribution in [0.3, 0.4) is 0 Å². The van der Waals surface area contributed by atoms with Crippen LogP contribution in [0.4, 0.5) is 4.39 Å². The molecule has 0 unspecified atom stereocenters. The molecule has 12 heavy (non-hydrogen) atoms. The van der Waals surface area contributed by atoms with E-state index in [1.165, 1.54) is 24.3 Å². The summed E-state index contributed by atoms with van der Waals surface area (Å²) in [6.45, 7) is 0. The van der Waals surface area contributed by atoms with E-state index in [1.807, 2.05) is 0 Å². The van der Waals surface area contributed by atoms with Crippen LogP contribution < -0.4 is 0 Å². The molecule has 0 atom stereocenters. The van der Waals surface area contributed by atoms with Crippen LogP contribution in [-0.4, -0.2) is 21.5 Å². The molecule has 4 heteroatoms. The lowest BCUT2D eigenvalue weighted by atomic mass is 9.67. The van der Waals surface area contributed by atoms with Gasteiger partial charge in [0.15, 0.2) is 0 Å². The average molecular weight is 158 g/mol.